The third-order valence-corrected chi connectivity index (χ3v) is 7.92. The Hall–Kier alpha value is -2.54. The molecule has 0 saturated heterocycles. The summed E-state index contributed by atoms with van der Waals surface area (Å²) in [6.45, 7) is 7.62. The number of hydrogen-bond donors (Lipinski definition) is 0. The largest absolute Gasteiger partial charge is 0.493 e. The number of nitrogens with zero attached hydrogens (tertiary/aromatic N) is 2. The van der Waals surface area contributed by atoms with Crippen LogP contribution in [-0.2, 0) is 22.6 Å². The molecular weight excluding hydrogens is 472 g/mol. The second-order valence-corrected chi connectivity index (χ2v) is 11.1. The standard InChI is InChI=1S/C29H42N2O4S/c1-6-8-9-23(7-2)29(33)31(24-12-13-24)20-28(32)30(19-25-14-10-21(3)36-25)17-16-22-11-15-26(34-4)27(18-22)35-5/h10-11,14-15,18,23-24H,6-9,12-13,16-17,19-20H2,1-5H3. The van der Waals surface area contributed by atoms with Crippen molar-refractivity contribution in [2.24, 2.45) is 5.92 Å². The summed E-state index contributed by atoms with van der Waals surface area (Å²) in [6, 6.07) is 10.3. The molecule has 3 rings (SSSR count). The summed E-state index contributed by atoms with van der Waals surface area (Å²) in [5.74, 6) is 1.57. The Bertz CT molecular complexity index is 1000. The highest BCUT2D eigenvalue weighted by Gasteiger charge is 2.37. The first-order chi connectivity index (χ1) is 17.4. The Labute approximate surface area is 220 Å². The maximum atomic E-state index is 13.7. The van der Waals surface area contributed by atoms with E-state index in [0.29, 0.717) is 31.0 Å². The molecule has 0 N–H and O–H groups in total. The fraction of sp³-hybridized carbons (Fsp3) is 0.586. The fourth-order valence-corrected chi connectivity index (χ4v) is 5.46. The normalized spacial score (nSPS) is 13.8. The number of unbranched alkanes of at least 4 members (excludes halogenated alkanes) is 1. The molecule has 1 saturated carbocycles. The van der Waals surface area contributed by atoms with Gasteiger partial charge in [0.2, 0.25) is 11.8 Å². The highest BCUT2D eigenvalue weighted by atomic mass is 32.1. The zero-order valence-corrected chi connectivity index (χ0v) is 23.4. The van der Waals surface area contributed by atoms with Crippen molar-refractivity contribution in [1.29, 1.82) is 0 Å². The molecule has 1 atom stereocenters. The van der Waals surface area contributed by atoms with Crippen LogP contribution in [0.1, 0.15) is 67.7 Å². The second-order valence-electron chi connectivity index (χ2n) is 9.71. The van der Waals surface area contributed by atoms with E-state index in [1.807, 2.05) is 28.0 Å². The highest BCUT2D eigenvalue weighted by Crippen LogP contribution is 2.31. The van der Waals surface area contributed by atoms with Gasteiger partial charge in [-0.1, -0.05) is 32.8 Å². The van der Waals surface area contributed by atoms with Gasteiger partial charge in [-0.3, -0.25) is 9.59 Å². The van der Waals surface area contributed by atoms with Gasteiger partial charge in [-0.15, -0.1) is 11.3 Å². The third kappa shape index (κ3) is 7.73. The van der Waals surface area contributed by atoms with Crippen LogP contribution in [-0.4, -0.2) is 55.0 Å². The van der Waals surface area contributed by atoms with Crippen LogP contribution >= 0.6 is 11.3 Å². The van der Waals surface area contributed by atoms with E-state index in [0.717, 1.165) is 49.0 Å². The predicted octanol–water partition coefficient (Wildman–Crippen LogP) is 5.85. The molecule has 1 aromatic heterocycles. The lowest BCUT2D eigenvalue weighted by molar-refractivity contribution is -0.144. The van der Waals surface area contributed by atoms with Gasteiger partial charge in [0.05, 0.1) is 20.8 Å². The Kier molecular flexibility index (Phi) is 10.7. The number of hydrogen-bond acceptors (Lipinski definition) is 5. The molecule has 2 aromatic rings. The molecule has 1 aliphatic carbocycles. The summed E-state index contributed by atoms with van der Waals surface area (Å²) in [5, 5.41) is 0. The molecule has 1 aliphatic rings. The van der Waals surface area contributed by atoms with Gasteiger partial charge >= 0.3 is 0 Å². The molecule has 1 heterocycles. The van der Waals surface area contributed by atoms with Gasteiger partial charge in [0.1, 0.15) is 6.54 Å². The number of aryl methyl sites for hydroxylation is 1. The first kappa shape index (κ1) is 28.0. The van der Waals surface area contributed by atoms with Crippen molar-refractivity contribution < 1.29 is 19.1 Å². The number of carbonyl (C=O) groups excluding carboxylic acids is 2. The summed E-state index contributed by atoms with van der Waals surface area (Å²) >= 11 is 1.72. The van der Waals surface area contributed by atoms with Crippen molar-refractivity contribution in [1.82, 2.24) is 9.80 Å². The van der Waals surface area contributed by atoms with Crippen LogP contribution in [0.4, 0.5) is 0 Å². The smallest absolute Gasteiger partial charge is 0.242 e. The number of rotatable bonds is 15. The number of thiophene rings is 1. The van der Waals surface area contributed by atoms with E-state index in [9.17, 15) is 9.59 Å². The molecule has 6 nitrogen and oxygen atoms in total. The summed E-state index contributed by atoms with van der Waals surface area (Å²) in [5.41, 5.74) is 1.08. The average Bonchev–Trinajstić information content (AvgIpc) is 3.65. The third-order valence-electron chi connectivity index (χ3n) is 6.94. The molecular formula is C29H42N2O4S. The Morgan fingerprint density at radius 1 is 1.08 bits per heavy atom. The lowest BCUT2D eigenvalue weighted by atomic mass is 9.97. The van der Waals surface area contributed by atoms with E-state index in [-0.39, 0.29) is 30.3 Å². The molecule has 1 unspecified atom stereocenters. The molecule has 2 amide bonds. The van der Waals surface area contributed by atoms with E-state index >= 15 is 0 Å². The molecule has 0 spiro atoms. The summed E-state index contributed by atoms with van der Waals surface area (Å²) in [6.07, 6.45) is 6.55. The lowest BCUT2D eigenvalue weighted by Crippen LogP contribution is -2.46. The quantitative estimate of drug-likeness (QED) is 0.299. The first-order valence-electron chi connectivity index (χ1n) is 13.2. The van der Waals surface area contributed by atoms with Gasteiger partial charge in [-0.25, -0.2) is 0 Å². The molecule has 36 heavy (non-hydrogen) atoms. The summed E-state index contributed by atoms with van der Waals surface area (Å²) < 4.78 is 10.8. The number of methoxy groups -OCH3 is 2. The maximum Gasteiger partial charge on any atom is 0.242 e. The van der Waals surface area contributed by atoms with Crippen LogP contribution < -0.4 is 9.47 Å². The zero-order valence-electron chi connectivity index (χ0n) is 22.5. The van der Waals surface area contributed by atoms with Crippen LogP contribution in [0.2, 0.25) is 0 Å². The van der Waals surface area contributed by atoms with Crippen LogP contribution in [0.15, 0.2) is 30.3 Å². The Morgan fingerprint density at radius 3 is 2.42 bits per heavy atom. The Morgan fingerprint density at radius 2 is 1.83 bits per heavy atom. The SMILES string of the molecule is CCCCC(CC)C(=O)N(CC(=O)N(CCc1ccc(OC)c(OC)c1)Cc1ccc(C)s1)C1CC1. The van der Waals surface area contributed by atoms with Crippen LogP contribution in [0, 0.1) is 12.8 Å². The minimum absolute atomic E-state index is 0.0125. The van der Waals surface area contributed by atoms with Gasteiger partial charge in [0.25, 0.3) is 0 Å². The summed E-state index contributed by atoms with van der Waals surface area (Å²) in [7, 11) is 3.25. The van der Waals surface area contributed by atoms with Crippen LogP contribution in [0.25, 0.3) is 0 Å². The molecule has 0 aliphatic heterocycles. The number of amides is 2. The van der Waals surface area contributed by atoms with Gasteiger partial charge in [-0.05, 0) is 68.9 Å². The minimum Gasteiger partial charge on any atom is -0.493 e. The highest BCUT2D eigenvalue weighted by molar-refractivity contribution is 7.11. The molecule has 7 heteroatoms. The van der Waals surface area contributed by atoms with Crippen molar-refractivity contribution in [3.63, 3.8) is 0 Å². The van der Waals surface area contributed by atoms with Crippen molar-refractivity contribution in [3.05, 3.63) is 45.6 Å². The first-order valence-corrected chi connectivity index (χ1v) is 14.1. The topological polar surface area (TPSA) is 59.1 Å². The second kappa shape index (κ2) is 13.7. The van der Waals surface area contributed by atoms with E-state index < -0.39 is 0 Å². The van der Waals surface area contributed by atoms with E-state index in [2.05, 4.69) is 32.9 Å². The maximum absolute atomic E-state index is 13.7. The van der Waals surface area contributed by atoms with Gasteiger partial charge in [0.15, 0.2) is 11.5 Å². The molecule has 198 valence electrons. The Balaban J connectivity index is 1.74. The van der Waals surface area contributed by atoms with Gasteiger partial charge in [-0.2, -0.15) is 0 Å². The molecule has 0 bridgehead atoms. The van der Waals surface area contributed by atoms with Crippen molar-refractivity contribution in [3.8, 4) is 11.5 Å². The van der Waals surface area contributed by atoms with E-state index in [1.54, 1.807) is 25.6 Å². The van der Waals surface area contributed by atoms with Crippen molar-refractivity contribution in [2.45, 2.75) is 78.3 Å². The lowest BCUT2D eigenvalue weighted by Gasteiger charge is -2.30. The zero-order chi connectivity index (χ0) is 26.1. The molecule has 1 aromatic carbocycles. The van der Waals surface area contributed by atoms with Gasteiger partial charge < -0.3 is 19.3 Å². The average molecular weight is 515 g/mol. The minimum atomic E-state index is 0.0125. The van der Waals surface area contributed by atoms with Gasteiger partial charge in [0, 0.05) is 28.3 Å². The summed E-state index contributed by atoms with van der Waals surface area (Å²) in [4.78, 5) is 33.3. The number of carbonyl (C=O) groups is 2. The van der Waals surface area contributed by atoms with Crippen molar-refractivity contribution >= 4 is 23.2 Å². The molecule has 1 fully saturated rings. The fourth-order valence-electron chi connectivity index (χ4n) is 4.56. The van der Waals surface area contributed by atoms with Crippen molar-refractivity contribution in [2.75, 3.05) is 27.3 Å². The van der Waals surface area contributed by atoms with E-state index in [4.69, 9.17) is 9.47 Å². The monoisotopic (exact) mass is 514 g/mol. The number of ether oxygens (including phenoxy) is 2. The number of benzene rings is 1. The molecule has 0 radical (unpaired) electrons. The predicted molar refractivity (Wildman–Crippen MR) is 146 cm³/mol. The van der Waals surface area contributed by atoms with Crippen LogP contribution in [0.5, 0.6) is 11.5 Å². The van der Waals surface area contributed by atoms with E-state index in [1.165, 1.54) is 4.88 Å². The van der Waals surface area contributed by atoms with Crippen LogP contribution in [0.3, 0.4) is 0 Å².